The van der Waals surface area contributed by atoms with Gasteiger partial charge in [0.15, 0.2) is 0 Å². The molecule has 0 radical (unpaired) electrons. The minimum absolute atomic E-state index is 0.0447. The van der Waals surface area contributed by atoms with E-state index in [1.807, 2.05) is 50.2 Å². The lowest BCUT2D eigenvalue weighted by atomic mass is 9.98. The summed E-state index contributed by atoms with van der Waals surface area (Å²) in [6.45, 7) is 6.70. The molecule has 2 aromatic carbocycles. The number of carbonyl (C=O) groups excluding carboxylic acids is 1. The maximum Gasteiger partial charge on any atom is 0.225 e. The summed E-state index contributed by atoms with van der Waals surface area (Å²) < 4.78 is 11.6. The van der Waals surface area contributed by atoms with Crippen LogP contribution in [-0.2, 0) is 17.9 Å². The second kappa shape index (κ2) is 9.44. The number of nitrogens with one attached hydrogen (secondary N) is 1. The fourth-order valence-corrected chi connectivity index (χ4v) is 3.33. The molecule has 0 aliphatic carbocycles. The minimum atomic E-state index is 0.0447. The van der Waals surface area contributed by atoms with Gasteiger partial charge in [0.1, 0.15) is 18.1 Å². The molecule has 2 aromatic rings. The monoisotopic (exact) mass is 393 g/mol. The van der Waals surface area contributed by atoms with Crippen molar-refractivity contribution in [1.29, 1.82) is 5.26 Å². The van der Waals surface area contributed by atoms with Gasteiger partial charge in [-0.2, -0.15) is 5.26 Å². The van der Waals surface area contributed by atoms with Crippen molar-refractivity contribution in [2.75, 3.05) is 20.1 Å². The third-order valence-electron chi connectivity index (χ3n) is 4.78. The summed E-state index contributed by atoms with van der Waals surface area (Å²) in [6, 6.07) is 15.6. The van der Waals surface area contributed by atoms with Gasteiger partial charge in [0.2, 0.25) is 5.91 Å². The largest absolute Gasteiger partial charge is 0.491 e. The SMILES string of the molecule is CNC(=O)C1CN(Cc2ccc(OCc3cc(C#N)cc(OC(C)C)c3)cc2)C1. The molecule has 1 N–H and O–H groups in total. The van der Waals surface area contributed by atoms with E-state index in [2.05, 4.69) is 16.3 Å². The molecule has 0 unspecified atom stereocenters. The lowest BCUT2D eigenvalue weighted by Gasteiger charge is -2.38. The van der Waals surface area contributed by atoms with Crippen LogP contribution in [0.1, 0.15) is 30.5 Å². The van der Waals surface area contributed by atoms with E-state index in [1.54, 1.807) is 13.1 Å². The van der Waals surface area contributed by atoms with Crippen molar-refractivity contribution >= 4 is 5.91 Å². The van der Waals surface area contributed by atoms with E-state index >= 15 is 0 Å². The van der Waals surface area contributed by atoms with Crippen LogP contribution in [0.25, 0.3) is 0 Å². The number of nitriles is 1. The smallest absolute Gasteiger partial charge is 0.225 e. The molecule has 1 heterocycles. The van der Waals surface area contributed by atoms with Crippen LogP contribution in [0.3, 0.4) is 0 Å². The summed E-state index contributed by atoms with van der Waals surface area (Å²) >= 11 is 0. The van der Waals surface area contributed by atoms with Gasteiger partial charge in [0.25, 0.3) is 0 Å². The summed E-state index contributed by atoms with van der Waals surface area (Å²) in [5.41, 5.74) is 2.64. The van der Waals surface area contributed by atoms with Crippen LogP contribution in [0.5, 0.6) is 11.5 Å². The molecule has 1 fully saturated rings. The summed E-state index contributed by atoms with van der Waals surface area (Å²) in [5.74, 6) is 1.68. The Morgan fingerprint density at radius 1 is 1.17 bits per heavy atom. The Labute approximate surface area is 172 Å². The Bertz CT molecular complexity index is 881. The summed E-state index contributed by atoms with van der Waals surface area (Å²) in [4.78, 5) is 13.8. The van der Waals surface area contributed by atoms with E-state index in [0.717, 1.165) is 30.9 Å². The van der Waals surface area contributed by atoms with E-state index in [4.69, 9.17) is 9.47 Å². The highest BCUT2D eigenvalue weighted by atomic mass is 16.5. The van der Waals surface area contributed by atoms with Crippen LogP contribution >= 0.6 is 0 Å². The Balaban J connectivity index is 1.53. The Kier molecular flexibility index (Phi) is 6.73. The molecule has 1 aliphatic heterocycles. The molecule has 0 spiro atoms. The third kappa shape index (κ3) is 5.72. The van der Waals surface area contributed by atoms with Gasteiger partial charge in [-0.1, -0.05) is 12.1 Å². The molecule has 1 saturated heterocycles. The zero-order valence-electron chi connectivity index (χ0n) is 17.1. The molecule has 0 atom stereocenters. The van der Waals surface area contributed by atoms with Gasteiger partial charge >= 0.3 is 0 Å². The number of carbonyl (C=O) groups is 1. The van der Waals surface area contributed by atoms with Crippen molar-refractivity contribution in [1.82, 2.24) is 10.2 Å². The second-order valence-corrected chi connectivity index (χ2v) is 7.58. The van der Waals surface area contributed by atoms with E-state index in [0.29, 0.717) is 17.9 Å². The van der Waals surface area contributed by atoms with Crippen molar-refractivity contribution in [3.05, 3.63) is 59.2 Å². The van der Waals surface area contributed by atoms with Crippen molar-refractivity contribution in [2.24, 2.45) is 5.92 Å². The number of amides is 1. The zero-order valence-corrected chi connectivity index (χ0v) is 17.1. The molecule has 3 rings (SSSR count). The second-order valence-electron chi connectivity index (χ2n) is 7.58. The summed E-state index contributed by atoms with van der Waals surface area (Å²) in [5, 5.41) is 11.9. The van der Waals surface area contributed by atoms with Crippen molar-refractivity contribution < 1.29 is 14.3 Å². The van der Waals surface area contributed by atoms with Crippen LogP contribution in [0.2, 0.25) is 0 Å². The normalized spacial score (nSPS) is 14.2. The Morgan fingerprint density at radius 2 is 1.90 bits per heavy atom. The molecule has 6 heteroatoms. The predicted octanol–water partition coefficient (Wildman–Crippen LogP) is 3.10. The molecule has 0 aromatic heterocycles. The number of hydrogen-bond acceptors (Lipinski definition) is 5. The average molecular weight is 393 g/mol. The van der Waals surface area contributed by atoms with Gasteiger partial charge in [0.05, 0.1) is 23.7 Å². The van der Waals surface area contributed by atoms with Gasteiger partial charge in [-0.25, -0.2) is 0 Å². The van der Waals surface area contributed by atoms with Crippen LogP contribution in [0, 0.1) is 17.2 Å². The first-order valence-electron chi connectivity index (χ1n) is 9.83. The highest BCUT2D eigenvalue weighted by Crippen LogP contribution is 2.22. The number of nitrogens with zero attached hydrogens (tertiary/aromatic N) is 2. The zero-order chi connectivity index (χ0) is 20.8. The van der Waals surface area contributed by atoms with Gasteiger partial charge in [0, 0.05) is 26.7 Å². The van der Waals surface area contributed by atoms with Gasteiger partial charge in [-0.05, 0) is 55.3 Å². The van der Waals surface area contributed by atoms with Crippen LogP contribution in [0.15, 0.2) is 42.5 Å². The first kappa shape index (κ1) is 20.7. The minimum Gasteiger partial charge on any atom is -0.491 e. The summed E-state index contributed by atoms with van der Waals surface area (Å²) in [7, 11) is 1.68. The fourth-order valence-electron chi connectivity index (χ4n) is 3.33. The van der Waals surface area contributed by atoms with Crippen LogP contribution in [0.4, 0.5) is 0 Å². The van der Waals surface area contributed by atoms with E-state index < -0.39 is 0 Å². The van der Waals surface area contributed by atoms with Gasteiger partial charge in [-0.15, -0.1) is 0 Å². The topological polar surface area (TPSA) is 74.6 Å². The van der Waals surface area contributed by atoms with Crippen molar-refractivity contribution in [2.45, 2.75) is 33.1 Å². The number of rotatable bonds is 8. The highest BCUT2D eigenvalue weighted by Gasteiger charge is 2.31. The first-order chi connectivity index (χ1) is 14.0. The van der Waals surface area contributed by atoms with Gasteiger partial charge in [-0.3, -0.25) is 9.69 Å². The lowest BCUT2D eigenvalue weighted by Crippen LogP contribution is -2.52. The van der Waals surface area contributed by atoms with E-state index in [9.17, 15) is 10.1 Å². The summed E-state index contributed by atoms with van der Waals surface area (Å²) in [6.07, 6.45) is 0.0447. The molecule has 29 heavy (non-hydrogen) atoms. The number of hydrogen-bond donors (Lipinski definition) is 1. The van der Waals surface area contributed by atoms with Crippen LogP contribution in [-0.4, -0.2) is 37.0 Å². The Hall–Kier alpha value is -3.04. The van der Waals surface area contributed by atoms with E-state index in [1.165, 1.54) is 5.56 Å². The molecule has 152 valence electrons. The van der Waals surface area contributed by atoms with Gasteiger partial charge < -0.3 is 14.8 Å². The predicted molar refractivity (Wildman–Crippen MR) is 111 cm³/mol. The molecule has 0 saturated carbocycles. The molecule has 1 amide bonds. The first-order valence-corrected chi connectivity index (χ1v) is 9.83. The highest BCUT2D eigenvalue weighted by molar-refractivity contribution is 5.79. The molecular formula is C23H27N3O3. The molecule has 0 bridgehead atoms. The molecule has 6 nitrogen and oxygen atoms in total. The third-order valence-corrected chi connectivity index (χ3v) is 4.78. The maximum atomic E-state index is 11.6. The standard InChI is InChI=1S/C23H27N3O3/c1-16(2)29-22-9-18(11-24)8-19(10-22)15-28-21-6-4-17(5-7-21)12-26-13-20(14-26)23(27)25-3/h4-10,16,20H,12-15H2,1-3H3,(H,25,27). The van der Waals surface area contributed by atoms with Crippen molar-refractivity contribution in [3.8, 4) is 17.6 Å². The number of benzene rings is 2. The molecular weight excluding hydrogens is 366 g/mol. The lowest BCUT2D eigenvalue weighted by molar-refractivity contribution is -0.129. The fraction of sp³-hybridized carbons (Fsp3) is 0.391. The molecule has 1 aliphatic rings. The quantitative estimate of drug-likeness (QED) is 0.746. The number of ether oxygens (including phenoxy) is 2. The van der Waals surface area contributed by atoms with Crippen LogP contribution < -0.4 is 14.8 Å². The van der Waals surface area contributed by atoms with E-state index in [-0.39, 0.29) is 17.9 Å². The average Bonchev–Trinajstić information content (AvgIpc) is 2.68. The van der Waals surface area contributed by atoms with Crippen molar-refractivity contribution in [3.63, 3.8) is 0 Å². The Morgan fingerprint density at radius 3 is 2.52 bits per heavy atom. The number of likely N-dealkylation sites (tertiary alicyclic amines) is 1. The maximum absolute atomic E-state index is 11.6.